The highest BCUT2D eigenvalue weighted by molar-refractivity contribution is 7.99. The second kappa shape index (κ2) is 13.8. The maximum Gasteiger partial charge on any atom is 0.255 e. The van der Waals surface area contributed by atoms with Gasteiger partial charge in [0.05, 0.1) is 12.7 Å². The summed E-state index contributed by atoms with van der Waals surface area (Å²) in [6.45, 7) is 13.1. The normalized spacial score (nSPS) is 14.5. The van der Waals surface area contributed by atoms with Crippen LogP contribution >= 0.6 is 11.8 Å². The number of aryl methyl sites for hydroxylation is 1. The van der Waals surface area contributed by atoms with Gasteiger partial charge in [0.2, 0.25) is 11.1 Å². The molecule has 9 heteroatoms. The number of aromatic nitrogens is 3. The van der Waals surface area contributed by atoms with E-state index in [1.165, 1.54) is 5.56 Å². The van der Waals surface area contributed by atoms with E-state index in [0.29, 0.717) is 40.5 Å². The number of nitrogens with one attached hydrogen (secondary N) is 2. The van der Waals surface area contributed by atoms with Crippen LogP contribution in [0.1, 0.15) is 75.8 Å². The van der Waals surface area contributed by atoms with Crippen LogP contribution in [0.25, 0.3) is 0 Å². The molecule has 2 N–H and O–H groups in total. The molecule has 1 atom stereocenters. The number of thioether (sulfide) groups is 1. The van der Waals surface area contributed by atoms with Crippen LogP contribution in [0.5, 0.6) is 11.5 Å². The molecule has 1 unspecified atom stereocenters. The highest BCUT2D eigenvalue weighted by atomic mass is 32.2. The molecule has 0 saturated heterocycles. The third-order valence-corrected chi connectivity index (χ3v) is 8.72. The van der Waals surface area contributed by atoms with Crippen molar-refractivity contribution in [1.29, 1.82) is 0 Å². The SMILES string of the molecule is CCCCSc1nc2n(n1)C(c1ccc(OCc3ccc(C(C)(C)C)cc3)c(OC)c1)C(C(=O)Nc1cccc(C)c1)=C(C)N2. The molecule has 8 nitrogen and oxygen atoms in total. The summed E-state index contributed by atoms with van der Waals surface area (Å²) in [5, 5.41) is 12.0. The summed E-state index contributed by atoms with van der Waals surface area (Å²) in [6.07, 6.45) is 2.17. The van der Waals surface area contributed by atoms with E-state index >= 15 is 0 Å². The average Bonchev–Trinajstić information content (AvgIpc) is 3.41. The maximum absolute atomic E-state index is 13.9. The Bertz CT molecular complexity index is 1690. The zero-order chi connectivity index (χ0) is 32.1. The molecule has 0 radical (unpaired) electrons. The van der Waals surface area contributed by atoms with Gasteiger partial charge in [-0.2, -0.15) is 4.98 Å². The van der Waals surface area contributed by atoms with Gasteiger partial charge in [-0.1, -0.05) is 88.3 Å². The third-order valence-electron chi connectivity index (χ3n) is 7.80. The molecule has 0 aliphatic carbocycles. The fourth-order valence-corrected chi connectivity index (χ4v) is 6.17. The van der Waals surface area contributed by atoms with Gasteiger partial charge in [-0.3, -0.25) is 4.79 Å². The van der Waals surface area contributed by atoms with Crippen LogP contribution in [-0.2, 0) is 16.8 Å². The number of hydrogen-bond donors (Lipinski definition) is 2. The summed E-state index contributed by atoms with van der Waals surface area (Å²) in [4.78, 5) is 18.7. The van der Waals surface area contributed by atoms with Gasteiger partial charge < -0.3 is 20.1 Å². The number of hydrogen-bond acceptors (Lipinski definition) is 7. The Kier molecular flexibility index (Phi) is 9.87. The van der Waals surface area contributed by atoms with E-state index in [2.05, 4.69) is 62.6 Å². The number of methoxy groups -OCH3 is 1. The minimum absolute atomic E-state index is 0.0919. The minimum Gasteiger partial charge on any atom is -0.493 e. The number of amides is 1. The molecule has 0 saturated carbocycles. The summed E-state index contributed by atoms with van der Waals surface area (Å²) in [6, 6.07) is 21.5. The Labute approximate surface area is 270 Å². The Morgan fingerprint density at radius 3 is 2.51 bits per heavy atom. The summed E-state index contributed by atoms with van der Waals surface area (Å²) in [5.74, 6) is 2.51. The van der Waals surface area contributed by atoms with E-state index in [-0.39, 0.29) is 11.3 Å². The van der Waals surface area contributed by atoms with Crippen LogP contribution in [0, 0.1) is 6.92 Å². The van der Waals surface area contributed by atoms with Gasteiger partial charge in [-0.25, -0.2) is 4.68 Å². The first kappa shape index (κ1) is 32.2. The van der Waals surface area contributed by atoms with Crippen molar-refractivity contribution in [3.63, 3.8) is 0 Å². The van der Waals surface area contributed by atoms with Crippen molar-refractivity contribution in [3.8, 4) is 11.5 Å². The fraction of sp³-hybridized carbons (Fsp3) is 0.361. The zero-order valence-corrected chi connectivity index (χ0v) is 28.0. The van der Waals surface area contributed by atoms with Crippen LogP contribution < -0.4 is 20.1 Å². The Morgan fingerprint density at radius 2 is 1.82 bits per heavy atom. The monoisotopic (exact) mass is 625 g/mol. The van der Waals surface area contributed by atoms with E-state index in [4.69, 9.17) is 19.6 Å². The number of rotatable bonds is 11. The molecule has 45 heavy (non-hydrogen) atoms. The molecule has 1 aliphatic rings. The lowest BCUT2D eigenvalue weighted by molar-refractivity contribution is -0.113. The van der Waals surface area contributed by atoms with Gasteiger partial charge in [-0.15, -0.1) is 5.10 Å². The summed E-state index contributed by atoms with van der Waals surface area (Å²) < 4.78 is 13.8. The van der Waals surface area contributed by atoms with Crippen molar-refractivity contribution in [1.82, 2.24) is 14.8 Å². The van der Waals surface area contributed by atoms with Crippen LogP contribution in [0.15, 0.2) is 83.2 Å². The first-order valence-electron chi connectivity index (χ1n) is 15.4. The molecule has 236 valence electrons. The topological polar surface area (TPSA) is 90.3 Å². The molecular weight excluding hydrogens is 582 g/mol. The predicted molar refractivity (Wildman–Crippen MR) is 182 cm³/mol. The first-order chi connectivity index (χ1) is 21.6. The van der Waals surface area contributed by atoms with Crippen molar-refractivity contribution in [2.45, 2.75) is 77.6 Å². The third kappa shape index (κ3) is 7.53. The molecule has 5 rings (SSSR count). The quantitative estimate of drug-likeness (QED) is 0.128. The molecule has 3 aromatic carbocycles. The van der Waals surface area contributed by atoms with E-state index in [1.807, 2.05) is 56.3 Å². The fourth-order valence-electron chi connectivity index (χ4n) is 5.26. The largest absolute Gasteiger partial charge is 0.493 e. The number of unbranched alkanes of at least 4 members (excludes halogenated alkanes) is 1. The van der Waals surface area contributed by atoms with Crippen LogP contribution in [0.3, 0.4) is 0 Å². The molecule has 2 heterocycles. The second-order valence-electron chi connectivity index (χ2n) is 12.4. The summed E-state index contributed by atoms with van der Waals surface area (Å²) in [5.41, 5.74) is 6.34. The number of nitrogens with zero attached hydrogens (tertiary/aromatic N) is 3. The number of allylic oxidation sites excluding steroid dienone is 1. The lowest BCUT2D eigenvalue weighted by Crippen LogP contribution is -2.31. The van der Waals surface area contributed by atoms with Crippen molar-refractivity contribution in [2.75, 3.05) is 23.5 Å². The van der Waals surface area contributed by atoms with Crippen LogP contribution in [-0.4, -0.2) is 33.5 Å². The molecule has 4 aromatic rings. The number of anilines is 2. The van der Waals surface area contributed by atoms with Gasteiger partial charge in [0.25, 0.3) is 5.91 Å². The number of ether oxygens (including phenoxy) is 2. The van der Waals surface area contributed by atoms with Gasteiger partial charge >= 0.3 is 0 Å². The standard InChI is InChI=1S/C36H43N5O3S/c1-8-9-19-45-35-39-34-37-24(3)31(33(42)38-28-12-10-11-23(2)20-28)32(41(34)40-35)26-15-18-29(30(21-26)43-7)44-22-25-13-16-27(17-14-25)36(4,5)6/h10-18,20-21,32H,8-9,19,22H2,1-7H3,(H,38,42)(H,37,39,40). The molecule has 0 bridgehead atoms. The van der Waals surface area contributed by atoms with Gasteiger partial charge in [0, 0.05) is 17.1 Å². The maximum atomic E-state index is 13.9. The molecule has 0 fully saturated rings. The van der Waals surface area contributed by atoms with E-state index in [1.54, 1.807) is 23.6 Å². The van der Waals surface area contributed by atoms with E-state index in [0.717, 1.165) is 41.0 Å². The molecule has 1 aliphatic heterocycles. The molecule has 0 spiro atoms. The minimum atomic E-state index is -0.535. The zero-order valence-electron chi connectivity index (χ0n) is 27.2. The molecular formula is C36H43N5O3S. The van der Waals surface area contributed by atoms with Gasteiger partial charge in [-0.05, 0) is 72.2 Å². The van der Waals surface area contributed by atoms with E-state index in [9.17, 15) is 4.79 Å². The summed E-state index contributed by atoms with van der Waals surface area (Å²) >= 11 is 1.62. The van der Waals surface area contributed by atoms with Crippen LogP contribution in [0.4, 0.5) is 11.6 Å². The van der Waals surface area contributed by atoms with Crippen LogP contribution in [0.2, 0.25) is 0 Å². The first-order valence-corrected chi connectivity index (χ1v) is 16.4. The summed E-state index contributed by atoms with van der Waals surface area (Å²) in [7, 11) is 1.63. The van der Waals surface area contributed by atoms with Crippen molar-refractivity contribution >= 4 is 29.3 Å². The Balaban J connectivity index is 1.46. The van der Waals surface area contributed by atoms with E-state index < -0.39 is 6.04 Å². The number of benzene rings is 3. The Morgan fingerprint density at radius 1 is 1.04 bits per heavy atom. The van der Waals surface area contributed by atoms with Gasteiger partial charge in [0.15, 0.2) is 11.5 Å². The smallest absolute Gasteiger partial charge is 0.255 e. The van der Waals surface area contributed by atoms with Crippen molar-refractivity contribution in [2.24, 2.45) is 0 Å². The number of fused-ring (bicyclic) bond motifs is 1. The lowest BCUT2D eigenvalue weighted by atomic mass is 9.87. The van der Waals surface area contributed by atoms with Crippen molar-refractivity contribution < 1.29 is 14.3 Å². The molecule has 1 amide bonds. The average molecular weight is 626 g/mol. The molecule has 1 aromatic heterocycles. The lowest BCUT2D eigenvalue weighted by Gasteiger charge is -2.29. The number of carbonyl (C=O) groups is 1. The second-order valence-corrected chi connectivity index (χ2v) is 13.5. The predicted octanol–water partition coefficient (Wildman–Crippen LogP) is 8.29. The highest BCUT2D eigenvalue weighted by Gasteiger charge is 2.35. The van der Waals surface area contributed by atoms with Crippen molar-refractivity contribution in [3.05, 3.63) is 100 Å². The Hall–Kier alpha value is -4.24. The number of carbonyl (C=O) groups excluding carboxylic acids is 1. The highest BCUT2D eigenvalue weighted by Crippen LogP contribution is 2.40. The van der Waals surface area contributed by atoms with Gasteiger partial charge in [0.1, 0.15) is 12.6 Å².